The molecule has 2 nitrogen and oxygen atoms in total. The molecule has 0 N–H and O–H groups in total. The van der Waals surface area contributed by atoms with Crippen molar-refractivity contribution in [2.24, 2.45) is 0 Å². The van der Waals surface area contributed by atoms with Gasteiger partial charge in [-0.3, -0.25) is 0 Å². The molecule has 0 unspecified atom stereocenters. The Morgan fingerprint density at radius 3 is 2.72 bits per heavy atom. The Bertz CT molecular complexity index is 537. The van der Waals surface area contributed by atoms with Crippen LogP contribution in [0.3, 0.4) is 0 Å². The molecule has 0 aliphatic heterocycles. The van der Waals surface area contributed by atoms with Crippen molar-refractivity contribution in [3.8, 4) is 11.5 Å². The maximum Gasteiger partial charge on any atom is 0.122 e. The van der Waals surface area contributed by atoms with E-state index in [0.717, 1.165) is 29.9 Å². The van der Waals surface area contributed by atoms with Crippen LogP contribution in [0.25, 0.3) is 10.8 Å². The number of alkyl halides is 1. The summed E-state index contributed by atoms with van der Waals surface area (Å²) in [5, 5.41) is 3.36. The summed E-state index contributed by atoms with van der Waals surface area (Å²) in [6.45, 7) is 2.82. The monoisotopic (exact) mass is 308 g/mol. The molecular formula is C15H17BrO2. The van der Waals surface area contributed by atoms with Crippen LogP contribution in [0.4, 0.5) is 0 Å². The first-order valence-corrected chi connectivity index (χ1v) is 7.14. The molecule has 0 spiro atoms. The zero-order valence-corrected chi connectivity index (χ0v) is 12.3. The Morgan fingerprint density at radius 1 is 1.17 bits per heavy atom. The Labute approximate surface area is 116 Å². The third-order valence-electron chi connectivity index (χ3n) is 2.98. The number of halogens is 1. The van der Waals surface area contributed by atoms with Gasteiger partial charge >= 0.3 is 0 Å². The molecule has 2 rings (SSSR count). The second-order valence-corrected chi connectivity index (χ2v) is 4.96. The fraction of sp³-hybridized carbons (Fsp3) is 0.333. The van der Waals surface area contributed by atoms with Crippen LogP contribution in [0, 0.1) is 6.92 Å². The number of hydrogen-bond acceptors (Lipinski definition) is 2. The minimum absolute atomic E-state index is 0.742. The molecule has 0 amide bonds. The molecule has 2 aromatic rings. The van der Waals surface area contributed by atoms with Gasteiger partial charge in [-0.2, -0.15) is 0 Å². The zero-order chi connectivity index (χ0) is 13.0. The molecule has 0 aromatic heterocycles. The molecule has 0 saturated carbocycles. The number of methoxy groups -OCH3 is 1. The Hall–Kier alpha value is -1.22. The summed E-state index contributed by atoms with van der Waals surface area (Å²) >= 11 is 3.39. The van der Waals surface area contributed by atoms with Crippen LogP contribution in [0.1, 0.15) is 12.0 Å². The molecule has 0 radical (unpaired) electrons. The van der Waals surface area contributed by atoms with E-state index in [9.17, 15) is 0 Å². The van der Waals surface area contributed by atoms with E-state index < -0.39 is 0 Å². The Morgan fingerprint density at radius 2 is 2.00 bits per heavy atom. The smallest absolute Gasteiger partial charge is 0.122 e. The largest absolute Gasteiger partial charge is 0.496 e. The molecule has 0 aliphatic carbocycles. The first-order chi connectivity index (χ1) is 8.76. The molecule has 0 aliphatic rings. The van der Waals surface area contributed by atoms with Crippen LogP contribution >= 0.6 is 15.9 Å². The zero-order valence-electron chi connectivity index (χ0n) is 10.7. The summed E-state index contributed by atoms with van der Waals surface area (Å²) in [4.78, 5) is 0. The topological polar surface area (TPSA) is 18.5 Å². The van der Waals surface area contributed by atoms with Crippen molar-refractivity contribution in [1.82, 2.24) is 0 Å². The van der Waals surface area contributed by atoms with Gasteiger partial charge < -0.3 is 9.47 Å². The van der Waals surface area contributed by atoms with Crippen LogP contribution in [-0.4, -0.2) is 19.0 Å². The Balaban J connectivity index is 2.29. The predicted octanol–water partition coefficient (Wildman–Crippen LogP) is 4.32. The highest BCUT2D eigenvalue weighted by molar-refractivity contribution is 9.09. The standard InChI is InChI=1S/C15H17BrO2/c1-11-14-6-5-13(18-9-3-8-16)10-12(14)4-7-15(11)17-2/h4-7,10H,3,8-9H2,1-2H3. The number of aryl methyl sites for hydroxylation is 1. The van der Waals surface area contributed by atoms with E-state index in [2.05, 4.69) is 41.1 Å². The molecule has 0 fully saturated rings. The quantitative estimate of drug-likeness (QED) is 0.605. The molecule has 0 heterocycles. The van der Waals surface area contributed by atoms with Gasteiger partial charge in [-0.05, 0) is 47.9 Å². The van der Waals surface area contributed by atoms with E-state index in [0.29, 0.717) is 0 Å². The lowest BCUT2D eigenvalue weighted by Crippen LogP contribution is -1.97. The lowest BCUT2D eigenvalue weighted by atomic mass is 10.0. The summed E-state index contributed by atoms with van der Waals surface area (Å²) in [5.41, 5.74) is 1.17. The van der Waals surface area contributed by atoms with E-state index in [1.807, 2.05) is 12.1 Å². The van der Waals surface area contributed by atoms with E-state index in [1.54, 1.807) is 7.11 Å². The second-order valence-electron chi connectivity index (χ2n) is 4.17. The summed E-state index contributed by atoms with van der Waals surface area (Å²) in [7, 11) is 1.70. The summed E-state index contributed by atoms with van der Waals surface area (Å²) in [6.07, 6.45) is 1.01. The Kier molecular flexibility index (Phi) is 4.48. The second kappa shape index (κ2) is 6.10. The van der Waals surface area contributed by atoms with Gasteiger partial charge in [-0.15, -0.1) is 0 Å². The van der Waals surface area contributed by atoms with Crippen LogP contribution in [0.15, 0.2) is 30.3 Å². The van der Waals surface area contributed by atoms with Gasteiger partial charge in [0, 0.05) is 5.33 Å². The van der Waals surface area contributed by atoms with Crippen LogP contribution in [0.5, 0.6) is 11.5 Å². The van der Waals surface area contributed by atoms with E-state index in [-0.39, 0.29) is 0 Å². The van der Waals surface area contributed by atoms with Crippen molar-refractivity contribution >= 4 is 26.7 Å². The number of hydrogen-bond donors (Lipinski definition) is 0. The van der Waals surface area contributed by atoms with Crippen molar-refractivity contribution in [1.29, 1.82) is 0 Å². The van der Waals surface area contributed by atoms with Gasteiger partial charge in [0.25, 0.3) is 0 Å². The highest BCUT2D eigenvalue weighted by Gasteiger charge is 2.04. The van der Waals surface area contributed by atoms with Gasteiger partial charge in [-0.25, -0.2) is 0 Å². The average Bonchev–Trinajstić information content (AvgIpc) is 2.39. The maximum atomic E-state index is 5.69. The lowest BCUT2D eigenvalue weighted by molar-refractivity contribution is 0.319. The fourth-order valence-corrected chi connectivity index (χ4v) is 2.23. The number of fused-ring (bicyclic) bond motifs is 1. The molecule has 0 atom stereocenters. The van der Waals surface area contributed by atoms with E-state index >= 15 is 0 Å². The van der Waals surface area contributed by atoms with Gasteiger partial charge in [-0.1, -0.05) is 28.1 Å². The first-order valence-electron chi connectivity index (χ1n) is 6.02. The maximum absolute atomic E-state index is 5.69. The van der Waals surface area contributed by atoms with Gasteiger partial charge in [0.2, 0.25) is 0 Å². The summed E-state index contributed by atoms with van der Waals surface area (Å²) < 4.78 is 11.0. The highest BCUT2D eigenvalue weighted by Crippen LogP contribution is 2.29. The van der Waals surface area contributed by atoms with Crippen LogP contribution in [0.2, 0.25) is 0 Å². The molecule has 18 heavy (non-hydrogen) atoms. The van der Waals surface area contributed by atoms with Crippen molar-refractivity contribution in [2.45, 2.75) is 13.3 Å². The minimum Gasteiger partial charge on any atom is -0.496 e. The van der Waals surface area contributed by atoms with Gasteiger partial charge in [0.05, 0.1) is 13.7 Å². The fourth-order valence-electron chi connectivity index (χ4n) is 2.00. The lowest BCUT2D eigenvalue weighted by Gasteiger charge is -2.10. The van der Waals surface area contributed by atoms with E-state index in [1.165, 1.54) is 16.3 Å². The van der Waals surface area contributed by atoms with Crippen LogP contribution in [-0.2, 0) is 0 Å². The first kappa shape index (κ1) is 13.2. The van der Waals surface area contributed by atoms with Gasteiger partial charge in [0.1, 0.15) is 11.5 Å². The predicted molar refractivity (Wildman–Crippen MR) is 79.1 cm³/mol. The summed E-state index contributed by atoms with van der Waals surface area (Å²) in [5.74, 6) is 1.85. The van der Waals surface area contributed by atoms with Crippen molar-refractivity contribution in [3.63, 3.8) is 0 Å². The normalized spacial score (nSPS) is 10.6. The minimum atomic E-state index is 0.742. The molecule has 96 valence electrons. The van der Waals surface area contributed by atoms with Crippen molar-refractivity contribution < 1.29 is 9.47 Å². The third kappa shape index (κ3) is 2.78. The number of rotatable bonds is 5. The number of benzene rings is 2. The van der Waals surface area contributed by atoms with Gasteiger partial charge in [0.15, 0.2) is 0 Å². The van der Waals surface area contributed by atoms with E-state index in [4.69, 9.17) is 9.47 Å². The number of ether oxygens (including phenoxy) is 2. The highest BCUT2D eigenvalue weighted by atomic mass is 79.9. The summed E-state index contributed by atoms with van der Waals surface area (Å²) in [6, 6.07) is 10.3. The molecule has 3 heteroatoms. The SMILES string of the molecule is COc1ccc2cc(OCCCBr)ccc2c1C. The average molecular weight is 309 g/mol. The molecular weight excluding hydrogens is 292 g/mol. The van der Waals surface area contributed by atoms with Crippen molar-refractivity contribution in [3.05, 3.63) is 35.9 Å². The molecule has 2 aromatic carbocycles. The van der Waals surface area contributed by atoms with Crippen molar-refractivity contribution in [2.75, 3.05) is 19.0 Å². The van der Waals surface area contributed by atoms with Crippen LogP contribution < -0.4 is 9.47 Å². The molecule has 0 saturated heterocycles. The molecule has 0 bridgehead atoms. The third-order valence-corrected chi connectivity index (χ3v) is 3.54.